The zero-order valence-corrected chi connectivity index (χ0v) is 18.5. The highest BCUT2D eigenvalue weighted by molar-refractivity contribution is 7.88. The average Bonchev–Trinajstić information content (AvgIpc) is 2.71. The molecule has 0 aliphatic carbocycles. The van der Waals surface area contributed by atoms with Crippen LogP contribution in [0.1, 0.15) is 36.9 Å². The predicted molar refractivity (Wildman–Crippen MR) is 116 cm³/mol. The molecule has 29 heavy (non-hydrogen) atoms. The molecule has 156 valence electrons. The standard InChI is InChI=1S/C21H24Cl2N2O3S/c1-15(17-5-3-2-4-6-17)24-21(26)18-9-11-25(12-10-18)29(27,28)14-16-7-8-19(22)20(23)13-16/h2-8,13,15,18H,9-12,14H2,1H3,(H,24,26). The fourth-order valence-electron chi connectivity index (χ4n) is 3.48. The maximum atomic E-state index is 12.7. The Morgan fingerprint density at radius 3 is 2.38 bits per heavy atom. The van der Waals surface area contributed by atoms with Gasteiger partial charge in [-0.15, -0.1) is 0 Å². The Kier molecular flexibility index (Phi) is 7.22. The first-order chi connectivity index (χ1) is 13.8. The van der Waals surface area contributed by atoms with E-state index in [1.807, 2.05) is 37.3 Å². The summed E-state index contributed by atoms with van der Waals surface area (Å²) >= 11 is 11.9. The van der Waals surface area contributed by atoms with Crippen LogP contribution < -0.4 is 5.32 Å². The lowest BCUT2D eigenvalue weighted by Crippen LogP contribution is -2.43. The minimum atomic E-state index is -3.48. The minimum Gasteiger partial charge on any atom is -0.349 e. The van der Waals surface area contributed by atoms with E-state index < -0.39 is 10.0 Å². The highest BCUT2D eigenvalue weighted by atomic mass is 35.5. The van der Waals surface area contributed by atoms with Crippen molar-refractivity contribution in [2.45, 2.75) is 31.6 Å². The highest BCUT2D eigenvalue weighted by Crippen LogP contribution is 2.26. The van der Waals surface area contributed by atoms with E-state index in [1.54, 1.807) is 18.2 Å². The van der Waals surface area contributed by atoms with E-state index in [9.17, 15) is 13.2 Å². The summed E-state index contributed by atoms with van der Waals surface area (Å²) in [6.07, 6.45) is 1.02. The quantitative estimate of drug-likeness (QED) is 0.702. The second-order valence-corrected chi connectivity index (χ2v) is 10.1. The molecule has 8 heteroatoms. The number of nitrogens with one attached hydrogen (secondary N) is 1. The number of carbonyl (C=O) groups is 1. The van der Waals surface area contributed by atoms with E-state index in [0.717, 1.165) is 5.56 Å². The topological polar surface area (TPSA) is 66.5 Å². The van der Waals surface area contributed by atoms with Crippen molar-refractivity contribution in [1.29, 1.82) is 0 Å². The van der Waals surface area contributed by atoms with Crippen molar-refractivity contribution in [2.75, 3.05) is 13.1 Å². The summed E-state index contributed by atoms with van der Waals surface area (Å²) < 4.78 is 26.9. The van der Waals surface area contributed by atoms with Crippen molar-refractivity contribution in [2.24, 2.45) is 5.92 Å². The fourth-order valence-corrected chi connectivity index (χ4v) is 5.35. The van der Waals surface area contributed by atoms with Crippen molar-refractivity contribution in [3.63, 3.8) is 0 Å². The molecule has 0 radical (unpaired) electrons. The lowest BCUT2D eigenvalue weighted by Gasteiger charge is -2.31. The van der Waals surface area contributed by atoms with E-state index in [2.05, 4.69) is 5.32 Å². The molecular weight excluding hydrogens is 431 g/mol. The van der Waals surface area contributed by atoms with Gasteiger partial charge in [-0.1, -0.05) is 59.6 Å². The first kappa shape index (κ1) is 22.1. The summed E-state index contributed by atoms with van der Waals surface area (Å²) in [5.41, 5.74) is 1.64. The van der Waals surface area contributed by atoms with Crippen molar-refractivity contribution < 1.29 is 13.2 Å². The number of sulfonamides is 1. The van der Waals surface area contributed by atoms with Gasteiger partial charge < -0.3 is 5.32 Å². The molecule has 5 nitrogen and oxygen atoms in total. The van der Waals surface area contributed by atoms with Crippen LogP contribution in [-0.4, -0.2) is 31.7 Å². The Morgan fingerprint density at radius 2 is 1.76 bits per heavy atom. The van der Waals surface area contributed by atoms with Gasteiger partial charge in [0.2, 0.25) is 15.9 Å². The minimum absolute atomic E-state index is 0.0251. The third-order valence-electron chi connectivity index (χ3n) is 5.21. The Bertz CT molecular complexity index is 959. The van der Waals surface area contributed by atoms with E-state index >= 15 is 0 Å². The SMILES string of the molecule is CC(NC(=O)C1CCN(S(=O)(=O)Cc2ccc(Cl)c(Cl)c2)CC1)c1ccccc1. The lowest BCUT2D eigenvalue weighted by molar-refractivity contribution is -0.126. The van der Waals surface area contributed by atoms with Gasteiger partial charge in [0, 0.05) is 19.0 Å². The molecule has 0 spiro atoms. The number of nitrogens with zero attached hydrogens (tertiary/aromatic N) is 1. The number of halogens is 2. The Balaban J connectivity index is 1.55. The molecule has 1 amide bonds. The van der Waals surface area contributed by atoms with E-state index in [0.29, 0.717) is 41.5 Å². The zero-order valence-electron chi connectivity index (χ0n) is 16.1. The molecule has 2 aromatic carbocycles. The monoisotopic (exact) mass is 454 g/mol. The molecule has 1 unspecified atom stereocenters. The zero-order chi connectivity index (χ0) is 21.0. The molecule has 0 saturated carbocycles. The number of hydrogen-bond donors (Lipinski definition) is 1. The van der Waals surface area contributed by atoms with Gasteiger partial charge in [0.15, 0.2) is 0 Å². The predicted octanol–water partition coefficient (Wildman–Crippen LogP) is 4.41. The van der Waals surface area contributed by atoms with E-state index in [4.69, 9.17) is 23.2 Å². The first-order valence-electron chi connectivity index (χ1n) is 9.53. The summed E-state index contributed by atoms with van der Waals surface area (Å²) in [6.45, 7) is 2.62. The van der Waals surface area contributed by atoms with Crippen molar-refractivity contribution in [3.8, 4) is 0 Å². The van der Waals surface area contributed by atoms with Crippen molar-refractivity contribution in [1.82, 2.24) is 9.62 Å². The summed E-state index contributed by atoms with van der Waals surface area (Å²) in [5.74, 6) is -0.341. The third kappa shape index (κ3) is 5.72. The molecule has 1 heterocycles. The molecule has 1 aliphatic rings. The molecule has 2 aromatic rings. The van der Waals surface area contributed by atoms with Crippen LogP contribution in [0.3, 0.4) is 0 Å². The van der Waals surface area contributed by atoms with Crippen LogP contribution in [0.5, 0.6) is 0 Å². The summed E-state index contributed by atoms with van der Waals surface area (Å²) in [7, 11) is -3.48. The smallest absolute Gasteiger partial charge is 0.223 e. The van der Waals surface area contributed by atoms with E-state index in [1.165, 1.54) is 4.31 Å². The lowest BCUT2D eigenvalue weighted by atomic mass is 9.96. The Labute approximate surface area is 182 Å². The Hall–Kier alpha value is -1.60. The van der Waals surface area contributed by atoms with Gasteiger partial charge in [-0.3, -0.25) is 4.79 Å². The first-order valence-corrected chi connectivity index (χ1v) is 11.9. The van der Waals surface area contributed by atoms with Gasteiger partial charge in [0.05, 0.1) is 21.8 Å². The van der Waals surface area contributed by atoms with Crippen LogP contribution in [0.15, 0.2) is 48.5 Å². The third-order valence-corrected chi connectivity index (χ3v) is 7.80. The van der Waals surface area contributed by atoms with Crippen LogP contribution in [-0.2, 0) is 20.6 Å². The molecule has 1 N–H and O–H groups in total. The maximum Gasteiger partial charge on any atom is 0.223 e. The summed E-state index contributed by atoms with van der Waals surface area (Å²) in [5, 5.41) is 3.77. The molecule has 1 fully saturated rings. The normalized spacial score (nSPS) is 17.1. The van der Waals surface area contributed by atoms with Gasteiger partial charge >= 0.3 is 0 Å². The van der Waals surface area contributed by atoms with Crippen LogP contribution in [0.25, 0.3) is 0 Å². The van der Waals surface area contributed by atoms with Gasteiger partial charge in [0.25, 0.3) is 0 Å². The van der Waals surface area contributed by atoms with Gasteiger partial charge in [-0.2, -0.15) is 0 Å². The number of hydrogen-bond acceptors (Lipinski definition) is 3. The number of rotatable bonds is 6. The largest absolute Gasteiger partial charge is 0.349 e. The molecule has 1 atom stereocenters. The molecule has 1 saturated heterocycles. The number of carbonyl (C=O) groups excluding carboxylic acids is 1. The summed E-state index contributed by atoms with van der Waals surface area (Å²) in [4.78, 5) is 12.6. The van der Waals surface area contributed by atoms with Crippen LogP contribution in [0.4, 0.5) is 0 Å². The van der Waals surface area contributed by atoms with Gasteiger partial charge in [0.1, 0.15) is 0 Å². The van der Waals surface area contributed by atoms with Crippen LogP contribution in [0, 0.1) is 5.92 Å². The van der Waals surface area contributed by atoms with Gasteiger partial charge in [-0.05, 0) is 43.0 Å². The number of piperidine rings is 1. The molecule has 1 aliphatic heterocycles. The van der Waals surface area contributed by atoms with Gasteiger partial charge in [-0.25, -0.2) is 12.7 Å². The molecule has 0 bridgehead atoms. The Morgan fingerprint density at radius 1 is 1.10 bits per heavy atom. The van der Waals surface area contributed by atoms with Crippen LogP contribution in [0.2, 0.25) is 10.0 Å². The fraction of sp³-hybridized carbons (Fsp3) is 0.381. The molecular formula is C21H24Cl2N2O3S. The second kappa shape index (κ2) is 9.47. The second-order valence-electron chi connectivity index (χ2n) is 7.32. The molecule has 0 aromatic heterocycles. The highest BCUT2D eigenvalue weighted by Gasteiger charge is 2.31. The summed E-state index contributed by atoms with van der Waals surface area (Å²) in [6, 6.07) is 14.5. The van der Waals surface area contributed by atoms with Crippen molar-refractivity contribution >= 4 is 39.1 Å². The van der Waals surface area contributed by atoms with Crippen molar-refractivity contribution in [3.05, 3.63) is 69.7 Å². The molecule has 3 rings (SSSR count). The average molecular weight is 455 g/mol. The van der Waals surface area contributed by atoms with Crippen LogP contribution >= 0.6 is 23.2 Å². The van der Waals surface area contributed by atoms with E-state index in [-0.39, 0.29) is 23.6 Å². The maximum absolute atomic E-state index is 12.7. The number of benzene rings is 2. The number of amides is 1.